The minimum atomic E-state index is -0.0192. The topological polar surface area (TPSA) is 50.4 Å². The summed E-state index contributed by atoms with van der Waals surface area (Å²) in [5, 5.41) is 6.43. The zero-order valence-electron chi connectivity index (χ0n) is 13.4. The van der Waals surface area contributed by atoms with Gasteiger partial charge in [-0.1, -0.05) is 6.07 Å². The maximum Gasteiger partial charge on any atom is 0.251 e. The van der Waals surface area contributed by atoms with Gasteiger partial charge in [-0.05, 0) is 58.2 Å². The Hall–Kier alpha value is -1.55. The van der Waals surface area contributed by atoms with E-state index in [0.29, 0.717) is 18.2 Å². The molecule has 2 unspecified atom stereocenters. The summed E-state index contributed by atoms with van der Waals surface area (Å²) in [6.45, 7) is 8.86. The van der Waals surface area contributed by atoms with E-state index in [1.807, 2.05) is 25.1 Å². The summed E-state index contributed by atoms with van der Waals surface area (Å²) in [7, 11) is 0. The summed E-state index contributed by atoms with van der Waals surface area (Å²) in [5.41, 5.74) is 2.91. The van der Waals surface area contributed by atoms with E-state index < -0.39 is 0 Å². The predicted molar refractivity (Wildman–Crippen MR) is 85.8 cm³/mol. The number of hydrogen-bond donors (Lipinski definition) is 2. The quantitative estimate of drug-likeness (QED) is 0.896. The van der Waals surface area contributed by atoms with Crippen LogP contribution in [-0.2, 0) is 4.74 Å². The third-order valence-corrected chi connectivity index (χ3v) is 3.89. The number of carbonyl (C=O) groups is 1. The summed E-state index contributed by atoms with van der Waals surface area (Å²) >= 11 is 0. The molecule has 0 saturated carbocycles. The number of hydrogen-bond acceptors (Lipinski definition) is 3. The molecule has 0 aliphatic carbocycles. The number of carbonyl (C=O) groups excluding carboxylic acids is 1. The van der Waals surface area contributed by atoms with Gasteiger partial charge in [-0.25, -0.2) is 0 Å². The molecule has 2 atom stereocenters. The first-order valence-corrected chi connectivity index (χ1v) is 7.80. The van der Waals surface area contributed by atoms with Crippen molar-refractivity contribution in [3.63, 3.8) is 0 Å². The predicted octanol–water partition coefficient (Wildman–Crippen LogP) is 3.11. The fourth-order valence-corrected chi connectivity index (χ4v) is 2.92. The van der Waals surface area contributed by atoms with Crippen LogP contribution < -0.4 is 10.6 Å². The van der Waals surface area contributed by atoms with Crippen molar-refractivity contribution in [2.24, 2.45) is 0 Å². The van der Waals surface area contributed by atoms with E-state index in [0.717, 1.165) is 24.1 Å². The molecule has 0 spiro atoms. The van der Waals surface area contributed by atoms with E-state index in [-0.39, 0.29) is 18.1 Å². The number of nitrogens with one attached hydrogen (secondary N) is 2. The van der Waals surface area contributed by atoms with Crippen molar-refractivity contribution in [2.75, 3.05) is 11.9 Å². The Morgan fingerprint density at radius 3 is 2.57 bits per heavy atom. The van der Waals surface area contributed by atoms with Crippen LogP contribution in [0.4, 0.5) is 5.69 Å². The third kappa shape index (κ3) is 4.21. The van der Waals surface area contributed by atoms with Gasteiger partial charge in [-0.2, -0.15) is 0 Å². The molecule has 1 heterocycles. The Kier molecular flexibility index (Phi) is 5.23. The summed E-state index contributed by atoms with van der Waals surface area (Å²) in [5.74, 6) is -0.0192. The Morgan fingerprint density at radius 1 is 1.29 bits per heavy atom. The number of benzene rings is 1. The molecule has 1 amide bonds. The highest BCUT2D eigenvalue weighted by molar-refractivity contribution is 5.95. The lowest BCUT2D eigenvalue weighted by Crippen LogP contribution is -2.37. The minimum Gasteiger partial charge on any atom is -0.382 e. The molecule has 1 aliphatic rings. The Labute approximate surface area is 127 Å². The summed E-state index contributed by atoms with van der Waals surface area (Å²) in [4.78, 5) is 11.9. The van der Waals surface area contributed by atoms with E-state index in [9.17, 15) is 4.79 Å². The van der Waals surface area contributed by atoms with Crippen molar-refractivity contribution in [3.05, 3.63) is 29.3 Å². The fourth-order valence-electron chi connectivity index (χ4n) is 2.92. The zero-order chi connectivity index (χ0) is 15.4. The van der Waals surface area contributed by atoms with Crippen LogP contribution >= 0.6 is 0 Å². The molecule has 1 saturated heterocycles. The number of amides is 1. The number of aryl methyl sites for hydroxylation is 1. The van der Waals surface area contributed by atoms with E-state index in [2.05, 4.69) is 31.4 Å². The molecule has 0 radical (unpaired) electrons. The van der Waals surface area contributed by atoms with E-state index >= 15 is 0 Å². The van der Waals surface area contributed by atoms with Gasteiger partial charge in [-0.15, -0.1) is 0 Å². The molecule has 1 aromatic rings. The van der Waals surface area contributed by atoms with Gasteiger partial charge in [0.25, 0.3) is 5.91 Å². The molecular formula is C17H26N2O2. The van der Waals surface area contributed by atoms with Gasteiger partial charge in [-0.3, -0.25) is 4.79 Å². The largest absolute Gasteiger partial charge is 0.382 e. The number of anilines is 1. The SMILES string of the molecule is CCNC(=O)c1ccc(C)c(NC2CC(C)OC(C)C2)c1. The Morgan fingerprint density at radius 2 is 1.95 bits per heavy atom. The van der Waals surface area contributed by atoms with Crippen molar-refractivity contribution in [3.8, 4) is 0 Å². The van der Waals surface area contributed by atoms with Gasteiger partial charge in [0.05, 0.1) is 12.2 Å². The molecule has 4 heteroatoms. The van der Waals surface area contributed by atoms with E-state index in [1.165, 1.54) is 0 Å². The van der Waals surface area contributed by atoms with Crippen LogP contribution in [0.1, 0.15) is 49.5 Å². The highest BCUT2D eigenvalue weighted by Gasteiger charge is 2.24. The molecule has 1 aliphatic heterocycles. The molecule has 21 heavy (non-hydrogen) atoms. The maximum absolute atomic E-state index is 11.9. The average Bonchev–Trinajstić information content (AvgIpc) is 2.40. The van der Waals surface area contributed by atoms with Crippen LogP contribution in [0.5, 0.6) is 0 Å². The van der Waals surface area contributed by atoms with Gasteiger partial charge in [0.2, 0.25) is 0 Å². The van der Waals surface area contributed by atoms with Crippen molar-refractivity contribution < 1.29 is 9.53 Å². The van der Waals surface area contributed by atoms with E-state index in [1.54, 1.807) is 0 Å². The molecule has 0 bridgehead atoms. The van der Waals surface area contributed by atoms with Crippen LogP contribution in [0, 0.1) is 6.92 Å². The van der Waals surface area contributed by atoms with Crippen LogP contribution in [0.25, 0.3) is 0 Å². The number of rotatable bonds is 4. The second-order valence-corrected chi connectivity index (χ2v) is 5.96. The first-order valence-electron chi connectivity index (χ1n) is 7.80. The molecule has 1 aromatic carbocycles. The van der Waals surface area contributed by atoms with Gasteiger partial charge < -0.3 is 15.4 Å². The normalized spacial score (nSPS) is 25.4. The summed E-state index contributed by atoms with van der Waals surface area (Å²) < 4.78 is 5.77. The first-order chi connectivity index (χ1) is 9.99. The molecule has 0 aromatic heterocycles. The fraction of sp³-hybridized carbons (Fsp3) is 0.588. The lowest BCUT2D eigenvalue weighted by Gasteiger charge is -2.33. The Bertz CT molecular complexity index is 492. The van der Waals surface area contributed by atoms with Gasteiger partial charge >= 0.3 is 0 Å². The van der Waals surface area contributed by atoms with Crippen molar-refractivity contribution in [2.45, 2.75) is 58.8 Å². The van der Waals surface area contributed by atoms with Gasteiger partial charge in [0, 0.05) is 23.8 Å². The van der Waals surface area contributed by atoms with Gasteiger partial charge in [0.15, 0.2) is 0 Å². The maximum atomic E-state index is 11.9. The molecule has 116 valence electrons. The Balaban J connectivity index is 2.11. The van der Waals surface area contributed by atoms with Crippen molar-refractivity contribution in [1.29, 1.82) is 0 Å². The van der Waals surface area contributed by atoms with Crippen LogP contribution in [0.2, 0.25) is 0 Å². The standard InChI is InChI=1S/C17H26N2O2/c1-5-18-17(20)14-7-6-11(2)16(10-14)19-15-8-12(3)21-13(4)9-15/h6-7,10,12-13,15,19H,5,8-9H2,1-4H3,(H,18,20). The molecule has 2 rings (SSSR count). The zero-order valence-corrected chi connectivity index (χ0v) is 13.4. The van der Waals surface area contributed by atoms with Gasteiger partial charge in [0.1, 0.15) is 0 Å². The lowest BCUT2D eigenvalue weighted by molar-refractivity contribution is -0.0337. The second-order valence-electron chi connectivity index (χ2n) is 5.96. The molecular weight excluding hydrogens is 264 g/mol. The van der Waals surface area contributed by atoms with Crippen molar-refractivity contribution >= 4 is 11.6 Å². The highest BCUT2D eigenvalue weighted by atomic mass is 16.5. The summed E-state index contributed by atoms with van der Waals surface area (Å²) in [6, 6.07) is 6.22. The molecule has 1 fully saturated rings. The van der Waals surface area contributed by atoms with Crippen LogP contribution in [0.3, 0.4) is 0 Å². The van der Waals surface area contributed by atoms with Crippen molar-refractivity contribution in [1.82, 2.24) is 5.32 Å². The summed E-state index contributed by atoms with van der Waals surface area (Å²) in [6.07, 6.45) is 2.54. The number of ether oxygens (including phenoxy) is 1. The molecule has 2 N–H and O–H groups in total. The molecule has 4 nitrogen and oxygen atoms in total. The lowest BCUT2D eigenvalue weighted by atomic mass is 9.98. The minimum absolute atomic E-state index is 0.0192. The highest BCUT2D eigenvalue weighted by Crippen LogP contribution is 2.25. The smallest absolute Gasteiger partial charge is 0.251 e. The van der Waals surface area contributed by atoms with Crippen LogP contribution in [0.15, 0.2) is 18.2 Å². The first kappa shape index (κ1) is 15.8. The van der Waals surface area contributed by atoms with E-state index in [4.69, 9.17) is 4.74 Å². The average molecular weight is 290 g/mol. The van der Waals surface area contributed by atoms with Crippen LogP contribution in [-0.4, -0.2) is 30.7 Å². The third-order valence-electron chi connectivity index (χ3n) is 3.89. The second kappa shape index (κ2) is 6.94. The monoisotopic (exact) mass is 290 g/mol.